The van der Waals surface area contributed by atoms with E-state index in [1.807, 2.05) is 13.8 Å². The van der Waals surface area contributed by atoms with Crippen LogP contribution in [-0.2, 0) is 0 Å². The van der Waals surface area contributed by atoms with Crippen molar-refractivity contribution >= 4 is 0 Å². The monoisotopic (exact) mass is 201 g/mol. The molecule has 0 aliphatic carbocycles. The summed E-state index contributed by atoms with van der Waals surface area (Å²) in [6.07, 6.45) is 1.84. The van der Waals surface area contributed by atoms with Crippen molar-refractivity contribution < 1.29 is 0 Å². The van der Waals surface area contributed by atoms with Crippen LogP contribution in [0.4, 0.5) is 0 Å². The Bertz CT molecular complexity index is 366. The van der Waals surface area contributed by atoms with Crippen LogP contribution in [0.25, 0.3) is 0 Å². The van der Waals surface area contributed by atoms with Crippen molar-refractivity contribution in [3.05, 3.63) is 22.5 Å². The molecule has 0 aromatic rings. The molecule has 3 heteroatoms. The van der Waals surface area contributed by atoms with E-state index in [0.717, 1.165) is 24.2 Å². The average Bonchev–Trinajstić information content (AvgIpc) is 2.18. The second kappa shape index (κ2) is 4.66. The predicted octanol–water partition coefficient (Wildman–Crippen LogP) is 2.60. The van der Waals surface area contributed by atoms with Crippen LogP contribution in [0.15, 0.2) is 22.5 Å². The fourth-order valence-electron chi connectivity index (χ4n) is 1.98. The van der Waals surface area contributed by atoms with Crippen molar-refractivity contribution in [2.75, 3.05) is 0 Å². The molecular weight excluding hydrogens is 186 g/mol. The Labute approximate surface area is 90.7 Å². The smallest absolute Gasteiger partial charge is 0.0972 e. The molecular formula is C12H15N3. The first-order valence-electron chi connectivity index (χ1n) is 5.14. The van der Waals surface area contributed by atoms with Gasteiger partial charge in [0.2, 0.25) is 0 Å². The Hall–Kier alpha value is -1.74. The molecule has 0 bridgehead atoms. The average molecular weight is 201 g/mol. The summed E-state index contributed by atoms with van der Waals surface area (Å²) >= 11 is 0. The molecule has 1 N–H and O–H groups in total. The van der Waals surface area contributed by atoms with E-state index in [1.165, 1.54) is 0 Å². The maximum atomic E-state index is 9.08. The van der Waals surface area contributed by atoms with E-state index in [4.69, 9.17) is 10.5 Å². The highest BCUT2D eigenvalue weighted by molar-refractivity contribution is 5.46. The third-order valence-corrected chi connectivity index (χ3v) is 2.70. The van der Waals surface area contributed by atoms with Gasteiger partial charge in [0.25, 0.3) is 0 Å². The summed E-state index contributed by atoms with van der Waals surface area (Å²) in [5, 5.41) is 21.2. The second-order valence-corrected chi connectivity index (χ2v) is 3.77. The van der Waals surface area contributed by atoms with Gasteiger partial charge in [-0.05, 0) is 20.3 Å². The molecule has 3 nitrogen and oxygen atoms in total. The van der Waals surface area contributed by atoms with Crippen LogP contribution in [0, 0.1) is 28.6 Å². The lowest BCUT2D eigenvalue weighted by Gasteiger charge is -2.25. The minimum atomic E-state index is -0.00810. The van der Waals surface area contributed by atoms with Crippen LogP contribution in [0.3, 0.4) is 0 Å². The van der Waals surface area contributed by atoms with Gasteiger partial charge in [0.1, 0.15) is 0 Å². The summed E-state index contributed by atoms with van der Waals surface area (Å²) in [5.74, 6) is -0.00810. The summed E-state index contributed by atoms with van der Waals surface area (Å²) in [4.78, 5) is 0. The topological polar surface area (TPSA) is 59.6 Å². The quantitative estimate of drug-likeness (QED) is 0.747. The van der Waals surface area contributed by atoms with Gasteiger partial charge >= 0.3 is 0 Å². The zero-order valence-corrected chi connectivity index (χ0v) is 9.39. The number of hydrogen-bond donors (Lipinski definition) is 1. The van der Waals surface area contributed by atoms with Gasteiger partial charge in [-0.15, -0.1) is 0 Å². The lowest BCUT2D eigenvalue weighted by Crippen LogP contribution is -2.24. The summed E-state index contributed by atoms with van der Waals surface area (Å²) in [7, 11) is 0. The Morgan fingerprint density at radius 1 is 1.13 bits per heavy atom. The Kier molecular flexibility index (Phi) is 3.52. The minimum absolute atomic E-state index is 0.00810. The lowest BCUT2D eigenvalue weighted by atomic mass is 9.84. The maximum Gasteiger partial charge on any atom is 0.0972 e. The molecule has 0 amide bonds. The first-order chi connectivity index (χ1) is 7.15. The van der Waals surface area contributed by atoms with Crippen molar-refractivity contribution in [3.63, 3.8) is 0 Å². The van der Waals surface area contributed by atoms with E-state index < -0.39 is 0 Å². The molecule has 0 spiro atoms. The van der Waals surface area contributed by atoms with Crippen LogP contribution < -0.4 is 5.32 Å². The first kappa shape index (κ1) is 11.3. The van der Waals surface area contributed by atoms with E-state index >= 15 is 0 Å². The highest BCUT2D eigenvalue weighted by Gasteiger charge is 2.26. The van der Waals surface area contributed by atoms with Gasteiger partial charge in [-0.1, -0.05) is 13.3 Å². The predicted molar refractivity (Wildman–Crippen MR) is 58.2 cm³/mol. The Morgan fingerprint density at radius 2 is 1.60 bits per heavy atom. The second-order valence-electron chi connectivity index (χ2n) is 3.77. The molecule has 1 heterocycles. The molecule has 0 aromatic heterocycles. The van der Waals surface area contributed by atoms with E-state index in [0.29, 0.717) is 11.1 Å². The van der Waals surface area contributed by atoms with Crippen LogP contribution in [0.1, 0.15) is 33.6 Å². The molecule has 0 saturated carbocycles. The van der Waals surface area contributed by atoms with Crippen molar-refractivity contribution in [2.24, 2.45) is 5.92 Å². The fourth-order valence-corrected chi connectivity index (χ4v) is 1.98. The van der Waals surface area contributed by atoms with E-state index in [9.17, 15) is 0 Å². The molecule has 15 heavy (non-hydrogen) atoms. The molecule has 1 aliphatic heterocycles. The molecule has 0 saturated heterocycles. The van der Waals surface area contributed by atoms with Gasteiger partial charge in [-0.25, -0.2) is 0 Å². The van der Waals surface area contributed by atoms with Crippen molar-refractivity contribution in [3.8, 4) is 12.1 Å². The van der Waals surface area contributed by atoms with E-state index in [2.05, 4.69) is 24.4 Å². The molecule has 0 radical (unpaired) electrons. The first-order valence-corrected chi connectivity index (χ1v) is 5.14. The Morgan fingerprint density at radius 3 is 1.93 bits per heavy atom. The lowest BCUT2D eigenvalue weighted by molar-refractivity contribution is 0.615. The zero-order valence-electron chi connectivity index (χ0n) is 9.39. The number of nitrogens with zero attached hydrogens (tertiary/aromatic N) is 2. The zero-order chi connectivity index (χ0) is 11.4. The highest BCUT2D eigenvalue weighted by Crippen LogP contribution is 2.31. The largest absolute Gasteiger partial charge is 0.361 e. The molecule has 1 aliphatic rings. The number of dihydropyridines is 1. The molecule has 0 atom stereocenters. The van der Waals surface area contributed by atoms with Crippen LogP contribution in [0.2, 0.25) is 0 Å². The standard InChI is InChI=1S/C12H15N3/c1-4-5-10-11(6-13)8(2)15-9(3)12(10)7-14/h10,15H,4-5H2,1-3H3. The number of allylic oxidation sites excluding steroid dienone is 4. The van der Waals surface area contributed by atoms with Gasteiger partial charge in [0.15, 0.2) is 0 Å². The van der Waals surface area contributed by atoms with Crippen LogP contribution in [0.5, 0.6) is 0 Å². The summed E-state index contributed by atoms with van der Waals surface area (Å²) in [6.45, 7) is 5.84. The summed E-state index contributed by atoms with van der Waals surface area (Å²) in [6, 6.07) is 4.41. The summed E-state index contributed by atoms with van der Waals surface area (Å²) < 4.78 is 0. The fraction of sp³-hybridized carbons (Fsp3) is 0.500. The van der Waals surface area contributed by atoms with Gasteiger partial charge in [-0.2, -0.15) is 10.5 Å². The molecule has 0 unspecified atom stereocenters. The van der Waals surface area contributed by atoms with Crippen molar-refractivity contribution in [1.82, 2.24) is 5.32 Å². The van der Waals surface area contributed by atoms with Gasteiger partial charge in [-0.3, -0.25) is 0 Å². The van der Waals surface area contributed by atoms with Gasteiger partial charge in [0.05, 0.1) is 23.3 Å². The van der Waals surface area contributed by atoms with Crippen LogP contribution >= 0.6 is 0 Å². The van der Waals surface area contributed by atoms with E-state index in [1.54, 1.807) is 0 Å². The third-order valence-electron chi connectivity index (χ3n) is 2.70. The van der Waals surface area contributed by atoms with Gasteiger partial charge in [0, 0.05) is 17.3 Å². The molecule has 0 aromatic carbocycles. The minimum Gasteiger partial charge on any atom is -0.361 e. The number of rotatable bonds is 2. The molecule has 0 fully saturated rings. The normalized spacial score (nSPS) is 17.1. The number of nitrogens with one attached hydrogen (secondary N) is 1. The van der Waals surface area contributed by atoms with Crippen LogP contribution in [-0.4, -0.2) is 0 Å². The highest BCUT2D eigenvalue weighted by atomic mass is 14.9. The molecule has 1 rings (SSSR count). The maximum absolute atomic E-state index is 9.08. The summed E-state index contributed by atoms with van der Waals surface area (Å²) in [5.41, 5.74) is 3.18. The van der Waals surface area contributed by atoms with Crippen molar-refractivity contribution in [2.45, 2.75) is 33.6 Å². The SMILES string of the molecule is CCCC1C(C#N)=C(C)NC(C)=C1C#N. The van der Waals surface area contributed by atoms with E-state index in [-0.39, 0.29) is 5.92 Å². The molecule has 78 valence electrons. The third kappa shape index (κ3) is 2.02. The van der Waals surface area contributed by atoms with Gasteiger partial charge < -0.3 is 5.32 Å². The number of nitriles is 2. The number of hydrogen-bond acceptors (Lipinski definition) is 3. The van der Waals surface area contributed by atoms with Crippen molar-refractivity contribution in [1.29, 1.82) is 10.5 Å². The Balaban J connectivity index is 3.16.